The van der Waals surface area contributed by atoms with Crippen LogP contribution in [-0.2, 0) is 11.2 Å². The van der Waals surface area contributed by atoms with E-state index in [0.717, 1.165) is 28.9 Å². The molecule has 0 N–H and O–H groups in total. The van der Waals surface area contributed by atoms with Gasteiger partial charge in [0.05, 0.1) is 7.11 Å². The fourth-order valence-corrected chi connectivity index (χ4v) is 4.19. The average molecular weight is 433 g/mol. The molecule has 1 atom stereocenters. The molecule has 1 aromatic carbocycles. The molecule has 0 amide bonds. The van der Waals surface area contributed by atoms with Crippen molar-refractivity contribution in [2.24, 2.45) is 5.92 Å². The number of alkyl halides is 2. The second-order valence-electron chi connectivity index (χ2n) is 8.14. The van der Waals surface area contributed by atoms with Crippen LogP contribution in [0.25, 0.3) is 0 Å². The second kappa shape index (κ2) is 11.0. The lowest BCUT2D eigenvalue weighted by Gasteiger charge is -2.19. The van der Waals surface area contributed by atoms with Gasteiger partial charge in [-0.1, -0.05) is 49.6 Å². The molecule has 3 rings (SSSR count). The summed E-state index contributed by atoms with van der Waals surface area (Å²) in [5.74, 6) is 3.76. The van der Waals surface area contributed by atoms with E-state index in [1.807, 2.05) is 48.6 Å². The lowest BCUT2D eigenvalue weighted by molar-refractivity contribution is 0.0301. The SMILES string of the molecule is C=C=C(C1=CC(OC)=CC=CC1)C1CC/C(=C\C#Cc2cccc(CC)c2)C(F)(F)CC1. The first-order chi connectivity index (χ1) is 15.5. The van der Waals surface area contributed by atoms with Crippen molar-refractivity contribution in [1.82, 2.24) is 0 Å². The largest absolute Gasteiger partial charge is 0.497 e. The summed E-state index contributed by atoms with van der Waals surface area (Å²) in [7, 11) is 1.62. The third-order valence-corrected chi connectivity index (χ3v) is 6.07. The summed E-state index contributed by atoms with van der Waals surface area (Å²) >= 11 is 0. The van der Waals surface area contributed by atoms with Crippen molar-refractivity contribution in [3.63, 3.8) is 0 Å². The van der Waals surface area contributed by atoms with Crippen LogP contribution in [-0.4, -0.2) is 13.0 Å². The van der Waals surface area contributed by atoms with Crippen molar-refractivity contribution in [2.75, 3.05) is 7.11 Å². The van der Waals surface area contributed by atoms with Gasteiger partial charge in [0.2, 0.25) is 0 Å². The normalized spacial score (nSPS) is 21.2. The lowest BCUT2D eigenvalue weighted by Crippen LogP contribution is -2.17. The van der Waals surface area contributed by atoms with Crippen LogP contribution in [0.1, 0.15) is 50.2 Å². The third kappa shape index (κ3) is 6.00. The van der Waals surface area contributed by atoms with E-state index >= 15 is 0 Å². The Balaban J connectivity index is 1.79. The summed E-state index contributed by atoms with van der Waals surface area (Å²) < 4.78 is 35.2. The van der Waals surface area contributed by atoms with Crippen LogP contribution in [0.15, 0.2) is 89.4 Å². The Hall–Kier alpha value is -3.08. The summed E-state index contributed by atoms with van der Waals surface area (Å²) in [4.78, 5) is 0. The van der Waals surface area contributed by atoms with E-state index in [2.05, 4.69) is 31.1 Å². The Morgan fingerprint density at radius 1 is 1.31 bits per heavy atom. The van der Waals surface area contributed by atoms with Gasteiger partial charge in [-0.05, 0) is 79.5 Å². The van der Waals surface area contributed by atoms with E-state index in [1.165, 1.54) is 11.6 Å². The maximum atomic E-state index is 14.9. The van der Waals surface area contributed by atoms with Gasteiger partial charge in [0.15, 0.2) is 0 Å². The molecule has 0 aliphatic heterocycles. The van der Waals surface area contributed by atoms with Crippen molar-refractivity contribution in [3.05, 3.63) is 101 Å². The molecule has 0 spiro atoms. The summed E-state index contributed by atoms with van der Waals surface area (Å²) in [5.41, 5.74) is 7.15. The Bertz CT molecular complexity index is 1070. The lowest BCUT2D eigenvalue weighted by atomic mass is 9.85. The molecule has 1 aromatic rings. The van der Waals surface area contributed by atoms with Crippen LogP contribution in [0, 0.1) is 17.8 Å². The first kappa shape index (κ1) is 23.6. The molecule has 0 bridgehead atoms. The predicted molar refractivity (Wildman–Crippen MR) is 127 cm³/mol. The molecule has 166 valence electrons. The van der Waals surface area contributed by atoms with Crippen molar-refractivity contribution >= 4 is 0 Å². The highest BCUT2D eigenvalue weighted by Gasteiger charge is 2.38. The summed E-state index contributed by atoms with van der Waals surface area (Å²) in [6, 6.07) is 7.90. The minimum Gasteiger partial charge on any atom is -0.497 e. The minimum absolute atomic E-state index is 0.0191. The van der Waals surface area contributed by atoms with Gasteiger partial charge in [-0.15, -0.1) is 5.73 Å². The number of hydrogen-bond donors (Lipinski definition) is 0. The van der Waals surface area contributed by atoms with Crippen LogP contribution in [0.3, 0.4) is 0 Å². The van der Waals surface area contributed by atoms with Gasteiger partial charge in [0.1, 0.15) is 5.76 Å². The number of hydrogen-bond acceptors (Lipinski definition) is 1. The molecule has 0 saturated heterocycles. The number of allylic oxidation sites excluding steroid dienone is 8. The van der Waals surface area contributed by atoms with Crippen molar-refractivity contribution in [2.45, 2.75) is 51.4 Å². The number of benzene rings is 1. The maximum absolute atomic E-state index is 14.9. The Morgan fingerprint density at radius 2 is 2.16 bits per heavy atom. The summed E-state index contributed by atoms with van der Waals surface area (Å²) in [6.07, 6.45) is 12.0. The molecule has 2 aliphatic carbocycles. The summed E-state index contributed by atoms with van der Waals surface area (Å²) in [6.45, 7) is 5.94. The standard InChI is InChI=1S/C29H30F2O/c1-4-22-10-8-11-23(20-22)12-9-14-26-17-16-24(18-19-29(26,30)31)28(5-2)25-13-6-7-15-27(21-25)32-3/h6-8,10-11,14-15,20-21,24H,2,4,13,16-19H2,1,3H3/b26-14+. The fraction of sp³-hybridized carbons (Fsp3) is 0.345. The monoisotopic (exact) mass is 432 g/mol. The Kier molecular flexibility index (Phi) is 8.09. The van der Waals surface area contributed by atoms with E-state index in [4.69, 9.17) is 4.74 Å². The third-order valence-electron chi connectivity index (χ3n) is 6.07. The molecule has 1 unspecified atom stereocenters. The maximum Gasteiger partial charge on any atom is 0.270 e. The molecule has 0 heterocycles. The summed E-state index contributed by atoms with van der Waals surface area (Å²) in [5, 5.41) is 0. The van der Waals surface area contributed by atoms with Crippen LogP contribution >= 0.6 is 0 Å². The number of methoxy groups -OCH3 is 1. The zero-order chi connectivity index (χ0) is 23.0. The van der Waals surface area contributed by atoms with E-state index < -0.39 is 5.92 Å². The van der Waals surface area contributed by atoms with Crippen LogP contribution < -0.4 is 0 Å². The topological polar surface area (TPSA) is 9.23 Å². The van der Waals surface area contributed by atoms with E-state index in [1.54, 1.807) is 7.11 Å². The molecule has 1 saturated carbocycles. The van der Waals surface area contributed by atoms with E-state index in [9.17, 15) is 8.78 Å². The van der Waals surface area contributed by atoms with Crippen molar-refractivity contribution < 1.29 is 13.5 Å². The molecule has 1 nitrogen and oxygen atoms in total. The fourth-order valence-electron chi connectivity index (χ4n) is 4.19. The highest BCUT2D eigenvalue weighted by Crippen LogP contribution is 2.42. The average Bonchev–Trinajstić information content (AvgIpc) is 3.12. The van der Waals surface area contributed by atoms with Gasteiger partial charge in [-0.2, -0.15) is 0 Å². The number of aryl methyl sites for hydroxylation is 1. The first-order valence-electron chi connectivity index (χ1n) is 11.2. The van der Waals surface area contributed by atoms with Crippen LogP contribution in [0.5, 0.6) is 0 Å². The van der Waals surface area contributed by atoms with Gasteiger partial charge in [0, 0.05) is 23.1 Å². The number of rotatable bonds is 4. The van der Waals surface area contributed by atoms with E-state index in [-0.39, 0.29) is 17.9 Å². The quantitative estimate of drug-likeness (QED) is 0.272. The predicted octanol–water partition coefficient (Wildman–Crippen LogP) is 7.48. The zero-order valence-corrected chi connectivity index (χ0v) is 18.9. The first-order valence-corrected chi connectivity index (χ1v) is 11.2. The molecule has 0 aromatic heterocycles. The molecule has 2 aliphatic rings. The van der Waals surface area contributed by atoms with Crippen molar-refractivity contribution in [3.8, 4) is 11.8 Å². The van der Waals surface area contributed by atoms with Gasteiger partial charge in [-0.3, -0.25) is 0 Å². The van der Waals surface area contributed by atoms with E-state index in [0.29, 0.717) is 25.7 Å². The highest BCUT2D eigenvalue weighted by molar-refractivity contribution is 5.43. The Labute approximate surface area is 190 Å². The van der Waals surface area contributed by atoms with Crippen LogP contribution in [0.4, 0.5) is 8.78 Å². The molecule has 1 fully saturated rings. The van der Waals surface area contributed by atoms with Gasteiger partial charge >= 0.3 is 0 Å². The molecule has 3 heteroatoms. The van der Waals surface area contributed by atoms with Gasteiger partial charge in [-0.25, -0.2) is 8.78 Å². The smallest absolute Gasteiger partial charge is 0.270 e. The molecule has 32 heavy (non-hydrogen) atoms. The number of ether oxygens (including phenoxy) is 1. The minimum atomic E-state index is -2.85. The van der Waals surface area contributed by atoms with Gasteiger partial charge < -0.3 is 4.74 Å². The van der Waals surface area contributed by atoms with Crippen LogP contribution in [0.2, 0.25) is 0 Å². The van der Waals surface area contributed by atoms with Crippen molar-refractivity contribution in [1.29, 1.82) is 0 Å². The highest BCUT2D eigenvalue weighted by atomic mass is 19.3. The Morgan fingerprint density at radius 3 is 2.91 bits per heavy atom. The van der Waals surface area contributed by atoms with Gasteiger partial charge in [0.25, 0.3) is 5.92 Å². The number of halogens is 2. The second-order valence-corrected chi connectivity index (χ2v) is 8.14. The zero-order valence-electron chi connectivity index (χ0n) is 18.9. The molecule has 0 radical (unpaired) electrons. The molecular formula is C29H30F2O. The molecular weight excluding hydrogens is 402 g/mol.